The van der Waals surface area contributed by atoms with Crippen molar-refractivity contribution >= 4 is 38.3 Å². The number of nitrogens with zero attached hydrogens (tertiary/aromatic N) is 1. The van der Waals surface area contributed by atoms with Crippen LogP contribution in [0, 0.1) is 0 Å². The summed E-state index contributed by atoms with van der Waals surface area (Å²) < 4.78 is 67.1. The maximum atomic E-state index is 16.1. The van der Waals surface area contributed by atoms with Gasteiger partial charge >= 0.3 is 0 Å². The standard InChI is InChI=1S/C29H32ClF2N3O4S/c1-17(2)39-25-11-3-19-14-26(12-4-18(19)13-25)40(37,38)34-27(29(31,32)20-5-7-21(30)8-6-20)28(36)35-23-9-10-24(35)16-22(33)15-23/h3-8,11-14,17,22-24,27,34H,9-10,15-16,33H2,1-2H3. The molecule has 2 bridgehead atoms. The van der Waals surface area contributed by atoms with E-state index in [9.17, 15) is 13.2 Å². The van der Waals surface area contributed by atoms with Crippen LogP contribution < -0.4 is 15.2 Å². The molecule has 1 amide bonds. The van der Waals surface area contributed by atoms with Gasteiger partial charge < -0.3 is 15.4 Å². The number of nitrogens with two attached hydrogens (primary N) is 1. The van der Waals surface area contributed by atoms with Crippen LogP contribution in [-0.2, 0) is 20.7 Å². The molecule has 214 valence electrons. The fourth-order valence-corrected chi connectivity index (χ4v) is 7.13. The van der Waals surface area contributed by atoms with Crippen LogP contribution in [0.3, 0.4) is 0 Å². The van der Waals surface area contributed by atoms with Crippen LogP contribution in [0.5, 0.6) is 5.75 Å². The van der Waals surface area contributed by atoms with Gasteiger partial charge in [0.25, 0.3) is 5.92 Å². The van der Waals surface area contributed by atoms with Gasteiger partial charge in [-0.05, 0) is 86.7 Å². The first-order chi connectivity index (χ1) is 18.8. The van der Waals surface area contributed by atoms with Gasteiger partial charge in [-0.1, -0.05) is 35.9 Å². The summed E-state index contributed by atoms with van der Waals surface area (Å²) in [5.74, 6) is -4.20. The van der Waals surface area contributed by atoms with Crippen LogP contribution in [0.2, 0.25) is 5.02 Å². The Kier molecular flexibility index (Phi) is 7.82. The number of hydrogen-bond donors (Lipinski definition) is 2. The highest BCUT2D eigenvalue weighted by atomic mass is 35.5. The molecule has 11 heteroatoms. The molecule has 3 aromatic rings. The van der Waals surface area contributed by atoms with Crippen LogP contribution in [0.25, 0.3) is 10.8 Å². The fourth-order valence-electron chi connectivity index (χ4n) is 5.78. The van der Waals surface area contributed by atoms with E-state index in [4.69, 9.17) is 22.1 Å². The lowest BCUT2D eigenvalue weighted by atomic mass is 9.95. The third-order valence-electron chi connectivity index (χ3n) is 7.60. The number of carbonyl (C=O) groups excluding carboxylic acids is 1. The molecule has 2 heterocycles. The molecule has 2 aliphatic heterocycles. The lowest BCUT2D eigenvalue weighted by Crippen LogP contribution is -2.60. The van der Waals surface area contributed by atoms with E-state index >= 15 is 8.78 Å². The number of ether oxygens (including phenoxy) is 1. The number of halogens is 3. The number of amides is 1. The van der Waals surface area contributed by atoms with E-state index in [2.05, 4.69) is 4.72 Å². The summed E-state index contributed by atoms with van der Waals surface area (Å²) >= 11 is 5.90. The van der Waals surface area contributed by atoms with Gasteiger partial charge in [0.2, 0.25) is 15.9 Å². The largest absolute Gasteiger partial charge is 0.491 e. The molecule has 5 rings (SSSR count). The molecule has 7 nitrogen and oxygen atoms in total. The molecule has 2 fully saturated rings. The summed E-state index contributed by atoms with van der Waals surface area (Å²) in [7, 11) is -4.55. The fraction of sp³-hybridized carbons (Fsp3) is 0.414. The number of piperidine rings is 1. The summed E-state index contributed by atoms with van der Waals surface area (Å²) in [6.45, 7) is 3.79. The average molecular weight is 592 g/mol. The molecule has 2 saturated heterocycles. The molecule has 3 aromatic carbocycles. The summed E-state index contributed by atoms with van der Waals surface area (Å²) in [6, 6.07) is 11.1. The summed E-state index contributed by atoms with van der Waals surface area (Å²) in [5.41, 5.74) is 5.60. The number of fused-ring (bicyclic) bond motifs is 3. The van der Waals surface area contributed by atoms with Gasteiger partial charge in [0.1, 0.15) is 5.75 Å². The van der Waals surface area contributed by atoms with E-state index in [1.165, 1.54) is 29.2 Å². The Morgan fingerprint density at radius 2 is 1.62 bits per heavy atom. The number of alkyl halides is 2. The van der Waals surface area contributed by atoms with E-state index in [1.807, 2.05) is 13.8 Å². The normalized spacial score (nSPS) is 22.1. The molecule has 3 N–H and O–H groups in total. The van der Waals surface area contributed by atoms with Gasteiger partial charge in [0.05, 0.1) is 11.0 Å². The van der Waals surface area contributed by atoms with Crippen molar-refractivity contribution in [2.24, 2.45) is 5.73 Å². The van der Waals surface area contributed by atoms with Gasteiger partial charge in [-0.25, -0.2) is 8.42 Å². The highest BCUT2D eigenvalue weighted by Gasteiger charge is 2.53. The summed E-state index contributed by atoms with van der Waals surface area (Å²) in [4.78, 5) is 15.0. The highest BCUT2D eigenvalue weighted by Crippen LogP contribution is 2.40. The van der Waals surface area contributed by atoms with E-state index in [0.29, 0.717) is 36.8 Å². The Labute approximate surface area is 237 Å². The molecule has 2 aliphatic rings. The Balaban J connectivity index is 1.50. The molecule has 0 spiro atoms. The second-order valence-corrected chi connectivity index (χ2v) is 13.0. The second kappa shape index (κ2) is 10.9. The van der Waals surface area contributed by atoms with Crippen molar-refractivity contribution < 1.29 is 26.7 Å². The molecule has 0 aromatic heterocycles. The van der Waals surface area contributed by atoms with E-state index in [-0.39, 0.29) is 34.1 Å². The molecule has 0 saturated carbocycles. The molecular formula is C29H32ClF2N3O4S. The minimum absolute atomic E-state index is 0.0380. The van der Waals surface area contributed by atoms with Gasteiger partial charge in [-0.2, -0.15) is 13.5 Å². The monoisotopic (exact) mass is 591 g/mol. The molecule has 0 radical (unpaired) electrons. The van der Waals surface area contributed by atoms with Crippen LogP contribution in [0.15, 0.2) is 65.6 Å². The van der Waals surface area contributed by atoms with Crippen molar-refractivity contribution in [3.63, 3.8) is 0 Å². The van der Waals surface area contributed by atoms with Gasteiger partial charge in [-0.15, -0.1) is 0 Å². The third-order valence-corrected chi connectivity index (χ3v) is 9.27. The van der Waals surface area contributed by atoms with Gasteiger partial charge in [-0.3, -0.25) is 4.79 Å². The van der Waals surface area contributed by atoms with E-state index < -0.39 is 33.5 Å². The Morgan fingerprint density at radius 1 is 1.02 bits per heavy atom. The summed E-state index contributed by atoms with van der Waals surface area (Å²) in [5, 5.41) is 1.54. The van der Waals surface area contributed by atoms with E-state index in [1.54, 1.807) is 24.3 Å². The molecular weight excluding hydrogens is 560 g/mol. The first kappa shape index (κ1) is 28.7. The average Bonchev–Trinajstić information content (AvgIpc) is 3.17. The Morgan fingerprint density at radius 3 is 2.25 bits per heavy atom. The SMILES string of the molecule is CC(C)Oc1ccc2cc(S(=O)(=O)NC(C(=O)N3C4CCC3CC(N)C4)C(F)(F)c3ccc(Cl)cc3)ccc2c1. The molecule has 3 atom stereocenters. The Hall–Kier alpha value is -2.79. The molecule has 0 aliphatic carbocycles. The van der Waals surface area contributed by atoms with Crippen molar-refractivity contribution in [3.05, 3.63) is 71.2 Å². The van der Waals surface area contributed by atoms with E-state index in [0.717, 1.165) is 17.5 Å². The van der Waals surface area contributed by atoms with Gasteiger partial charge in [0.15, 0.2) is 6.04 Å². The van der Waals surface area contributed by atoms with Crippen LogP contribution in [0.4, 0.5) is 8.78 Å². The Bertz CT molecular complexity index is 1500. The van der Waals surface area contributed by atoms with Crippen LogP contribution in [0.1, 0.15) is 45.1 Å². The first-order valence-electron chi connectivity index (χ1n) is 13.3. The number of rotatable bonds is 8. The van der Waals surface area contributed by atoms with Crippen molar-refractivity contribution in [1.82, 2.24) is 9.62 Å². The lowest BCUT2D eigenvalue weighted by Gasteiger charge is -2.41. The maximum absolute atomic E-state index is 16.1. The lowest BCUT2D eigenvalue weighted by molar-refractivity contribution is -0.149. The zero-order valence-corrected chi connectivity index (χ0v) is 23.8. The highest BCUT2D eigenvalue weighted by molar-refractivity contribution is 7.89. The van der Waals surface area contributed by atoms with Crippen molar-refractivity contribution in [2.75, 3.05) is 0 Å². The summed E-state index contributed by atoms with van der Waals surface area (Å²) in [6.07, 6.45) is 2.22. The first-order valence-corrected chi connectivity index (χ1v) is 15.2. The van der Waals surface area contributed by atoms with Crippen LogP contribution >= 0.6 is 11.6 Å². The quantitative estimate of drug-likeness (QED) is 0.375. The number of sulfonamides is 1. The molecule has 40 heavy (non-hydrogen) atoms. The number of hydrogen-bond acceptors (Lipinski definition) is 5. The minimum atomic E-state index is -4.55. The number of carbonyl (C=O) groups is 1. The predicted molar refractivity (Wildman–Crippen MR) is 150 cm³/mol. The van der Waals surface area contributed by atoms with Crippen LogP contribution in [-0.4, -0.2) is 49.5 Å². The van der Waals surface area contributed by atoms with Crippen molar-refractivity contribution in [2.45, 2.75) is 80.6 Å². The zero-order valence-electron chi connectivity index (χ0n) is 22.2. The third kappa shape index (κ3) is 5.68. The molecule has 3 unspecified atom stereocenters. The predicted octanol–water partition coefficient (Wildman–Crippen LogP) is 5.20. The van der Waals surface area contributed by atoms with Crippen molar-refractivity contribution in [1.29, 1.82) is 0 Å². The topological polar surface area (TPSA) is 102 Å². The zero-order chi connectivity index (χ0) is 28.8. The van der Waals surface area contributed by atoms with Gasteiger partial charge in [0, 0.05) is 28.7 Å². The number of nitrogens with one attached hydrogen (secondary N) is 1. The maximum Gasteiger partial charge on any atom is 0.298 e. The number of benzene rings is 3. The smallest absolute Gasteiger partial charge is 0.298 e. The second-order valence-electron chi connectivity index (χ2n) is 10.9. The minimum Gasteiger partial charge on any atom is -0.491 e. The van der Waals surface area contributed by atoms with Crippen molar-refractivity contribution in [3.8, 4) is 5.75 Å².